The van der Waals surface area contributed by atoms with Gasteiger partial charge in [0.05, 0.1) is 6.54 Å². The Hall–Kier alpha value is -2.83. The molecule has 0 heterocycles. The van der Waals surface area contributed by atoms with Gasteiger partial charge in [-0.3, -0.25) is 9.59 Å². The van der Waals surface area contributed by atoms with Crippen LogP contribution in [0.1, 0.15) is 38.3 Å². The Balaban J connectivity index is 2.12. The van der Waals surface area contributed by atoms with E-state index in [1.54, 1.807) is 26.8 Å². The highest BCUT2D eigenvalue weighted by molar-refractivity contribution is 5.91. The van der Waals surface area contributed by atoms with Crippen molar-refractivity contribution in [2.24, 2.45) is 0 Å². The molecule has 0 saturated heterocycles. The highest BCUT2D eigenvalue weighted by atomic mass is 16.6. The predicted molar refractivity (Wildman–Crippen MR) is 105 cm³/mol. The van der Waals surface area contributed by atoms with Crippen LogP contribution in [0.15, 0.2) is 30.3 Å². The number of alkyl carbamates (subject to hydrolysis) is 1. The molecule has 1 aromatic rings. The van der Waals surface area contributed by atoms with Gasteiger partial charge in [0.1, 0.15) is 5.60 Å². The molecule has 0 aliphatic carbocycles. The van der Waals surface area contributed by atoms with Crippen molar-refractivity contribution < 1.29 is 19.1 Å². The fourth-order valence-electron chi connectivity index (χ4n) is 1.97. The summed E-state index contributed by atoms with van der Waals surface area (Å²) in [5.74, 6) is -0.500. The van der Waals surface area contributed by atoms with E-state index in [1.807, 2.05) is 31.2 Å². The van der Waals surface area contributed by atoms with Gasteiger partial charge >= 0.3 is 6.09 Å². The molecular weight excluding hydrogens is 346 g/mol. The highest BCUT2D eigenvalue weighted by Gasteiger charge is 2.16. The fraction of sp³-hybridized carbons (Fsp3) is 0.450. The van der Waals surface area contributed by atoms with E-state index in [2.05, 4.69) is 16.0 Å². The molecule has 0 bridgehead atoms. The standard InChI is InChI=1S/C20H29N3O4/c1-15-6-8-16(9-7-15)10-11-17(24)21-12-5-13-22-18(25)14-23-19(26)27-20(2,3)4/h6-11H,5,12-14H2,1-4H3,(H,21,24)(H,22,25)(H,23,26)/b11-10+. The number of aryl methyl sites for hydroxylation is 1. The maximum absolute atomic E-state index is 11.7. The molecule has 0 spiro atoms. The first-order valence-electron chi connectivity index (χ1n) is 8.92. The summed E-state index contributed by atoms with van der Waals surface area (Å²) in [5, 5.41) is 7.79. The summed E-state index contributed by atoms with van der Waals surface area (Å²) in [7, 11) is 0. The van der Waals surface area contributed by atoms with Crippen molar-refractivity contribution in [2.75, 3.05) is 19.6 Å². The summed E-state index contributed by atoms with van der Waals surface area (Å²) in [6.07, 6.45) is 3.18. The first-order valence-corrected chi connectivity index (χ1v) is 8.92. The zero-order valence-corrected chi connectivity index (χ0v) is 16.4. The number of hydrogen-bond acceptors (Lipinski definition) is 4. The van der Waals surface area contributed by atoms with Gasteiger partial charge in [-0.1, -0.05) is 29.8 Å². The van der Waals surface area contributed by atoms with Crippen molar-refractivity contribution in [1.29, 1.82) is 0 Å². The second-order valence-electron chi connectivity index (χ2n) is 7.09. The third-order valence-corrected chi connectivity index (χ3v) is 3.27. The quantitative estimate of drug-likeness (QED) is 0.479. The van der Waals surface area contributed by atoms with Crippen LogP contribution in [-0.2, 0) is 14.3 Å². The maximum Gasteiger partial charge on any atom is 0.408 e. The molecule has 0 aromatic heterocycles. The van der Waals surface area contributed by atoms with Crippen LogP contribution in [0.25, 0.3) is 6.08 Å². The Bertz CT molecular complexity index is 661. The number of ether oxygens (including phenoxy) is 1. The smallest absolute Gasteiger partial charge is 0.408 e. The summed E-state index contributed by atoms with van der Waals surface area (Å²) in [6.45, 7) is 7.94. The molecule has 0 atom stereocenters. The maximum atomic E-state index is 11.7. The van der Waals surface area contributed by atoms with Crippen LogP contribution in [0, 0.1) is 6.92 Å². The van der Waals surface area contributed by atoms with Crippen LogP contribution in [0.5, 0.6) is 0 Å². The lowest BCUT2D eigenvalue weighted by Crippen LogP contribution is -2.40. The van der Waals surface area contributed by atoms with Crippen molar-refractivity contribution in [3.05, 3.63) is 41.5 Å². The van der Waals surface area contributed by atoms with E-state index < -0.39 is 11.7 Å². The number of rotatable bonds is 8. The SMILES string of the molecule is Cc1ccc(/C=C/C(=O)NCCCNC(=O)CNC(=O)OC(C)(C)C)cc1. The van der Waals surface area contributed by atoms with Gasteiger partial charge in [-0.15, -0.1) is 0 Å². The van der Waals surface area contributed by atoms with Crippen LogP contribution in [0.2, 0.25) is 0 Å². The lowest BCUT2D eigenvalue weighted by Gasteiger charge is -2.19. The summed E-state index contributed by atoms with van der Waals surface area (Å²) in [5.41, 5.74) is 1.52. The number of amides is 3. The number of benzene rings is 1. The van der Waals surface area contributed by atoms with E-state index in [0.717, 1.165) is 5.56 Å². The average Bonchev–Trinajstić information content (AvgIpc) is 2.57. The van der Waals surface area contributed by atoms with Crippen LogP contribution >= 0.6 is 0 Å². The molecule has 0 fully saturated rings. The second kappa shape index (κ2) is 11.0. The van der Waals surface area contributed by atoms with Crippen LogP contribution < -0.4 is 16.0 Å². The van der Waals surface area contributed by atoms with Crippen molar-refractivity contribution in [3.63, 3.8) is 0 Å². The Kier molecular flexibility index (Phi) is 9.05. The van der Waals surface area contributed by atoms with Crippen molar-refractivity contribution >= 4 is 24.0 Å². The van der Waals surface area contributed by atoms with Crippen LogP contribution in [-0.4, -0.2) is 43.1 Å². The second-order valence-corrected chi connectivity index (χ2v) is 7.09. The first-order chi connectivity index (χ1) is 12.7. The Morgan fingerprint density at radius 1 is 1.00 bits per heavy atom. The minimum absolute atomic E-state index is 0.152. The van der Waals surface area contributed by atoms with Crippen molar-refractivity contribution in [2.45, 2.75) is 39.7 Å². The first kappa shape index (κ1) is 22.2. The Morgan fingerprint density at radius 2 is 1.63 bits per heavy atom. The molecule has 1 aromatic carbocycles. The minimum Gasteiger partial charge on any atom is -0.444 e. The summed E-state index contributed by atoms with van der Waals surface area (Å²) in [6, 6.07) is 7.86. The van der Waals surface area contributed by atoms with Gasteiger partial charge in [0.2, 0.25) is 11.8 Å². The molecular formula is C20H29N3O4. The molecule has 0 unspecified atom stereocenters. The molecule has 7 nitrogen and oxygen atoms in total. The summed E-state index contributed by atoms with van der Waals surface area (Å²) in [4.78, 5) is 34.8. The molecule has 0 aliphatic heterocycles. The molecule has 27 heavy (non-hydrogen) atoms. The lowest BCUT2D eigenvalue weighted by atomic mass is 10.1. The highest BCUT2D eigenvalue weighted by Crippen LogP contribution is 2.06. The molecule has 0 saturated carbocycles. The third kappa shape index (κ3) is 11.4. The van der Waals surface area contributed by atoms with Gasteiger partial charge in [0, 0.05) is 19.2 Å². The Morgan fingerprint density at radius 3 is 2.26 bits per heavy atom. The number of carbonyl (C=O) groups excluding carboxylic acids is 3. The monoisotopic (exact) mass is 375 g/mol. The minimum atomic E-state index is -0.634. The van der Waals surface area contributed by atoms with Crippen LogP contribution in [0.4, 0.5) is 4.79 Å². The van der Waals surface area contributed by atoms with Gasteiger partial charge in [-0.05, 0) is 45.8 Å². The number of nitrogens with one attached hydrogen (secondary N) is 3. The van der Waals surface area contributed by atoms with E-state index >= 15 is 0 Å². The lowest BCUT2D eigenvalue weighted by molar-refractivity contribution is -0.120. The van der Waals surface area contributed by atoms with Crippen LogP contribution in [0.3, 0.4) is 0 Å². The average molecular weight is 375 g/mol. The van der Waals surface area contributed by atoms with Crippen molar-refractivity contribution in [1.82, 2.24) is 16.0 Å². The van der Waals surface area contributed by atoms with E-state index in [-0.39, 0.29) is 18.4 Å². The molecule has 0 aliphatic rings. The zero-order valence-electron chi connectivity index (χ0n) is 16.4. The summed E-state index contributed by atoms with van der Waals surface area (Å²) < 4.78 is 5.03. The molecule has 7 heteroatoms. The largest absolute Gasteiger partial charge is 0.444 e. The van der Waals surface area contributed by atoms with Gasteiger partial charge in [-0.2, -0.15) is 0 Å². The van der Waals surface area contributed by atoms with Gasteiger partial charge in [-0.25, -0.2) is 4.79 Å². The number of carbonyl (C=O) groups is 3. The molecule has 148 valence electrons. The topological polar surface area (TPSA) is 96.5 Å². The van der Waals surface area contributed by atoms with E-state index in [4.69, 9.17) is 4.74 Å². The Labute approximate surface area is 160 Å². The summed E-state index contributed by atoms with van der Waals surface area (Å²) >= 11 is 0. The normalized spacial score (nSPS) is 11.1. The van der Waals surface area contributed by atoms with Gasteiger partial charge in [0.15, 0.2) is 0 Å². The third-order valence-electron chi connectivity index (χ3n) is 3.27. The zero-order chi connectivity index (χ0) is 20.3. The number of hydrogen-bond donors (Lipinski definition) is 3. The molecule has 0 radical (unpaired) electrons. The molecule has 3 N–H and O–H groups in total. The fourth-order valence-corrected chi connectivity index (χ4v) is 1.97. The molecule has 1 rings (SSSR count). The van der Waals surface area contributed by atoms with E-state index in [1.165, 1.54) is 11.6 Å². The predicted octanol–water partition coefficient (Wildman–Crippen LogP) is 2.16. The van der Waals surface area contributed by atoms with Crippen molar-refractivity contribution in [3.8, 4) is 0 Å². The van der Waals surface area contributed by atoms with E-state index in [0.29, 0.717) is 19.5 Å². The van der Waals surface area contributed by atoms with Gasteiger partial charge in [0.25, 0.3) is 0 Å². The molecule has 3 amide bonds. The van der Waals surface area contributed by atoms with Gasteiger partial charge < -0.3 is 20.7 Å². The van der Waals surface area contributed by atoms with E-state index in [9.17, 15) is 14.4 Å².